The number of aromatic nitrogens is 6. The molecule has 0 fully saturated rings. The molecule has 0 saturated heterocycles. The monoisotopic (exact) mass is 363 g/mol. The van der Waals surface area contributed by atoms with E-state index in [0.717, 1.165) is 17.0 Å². The van der Waals surface area contributed by atoms with E-state index in [4.69, 9.17) is 0 Å². The number of nitrogens with one attached hydrogen (secondary N) is 1. The third-order valence-electron chi connectivity index (χ3n) is 3.29. The minimum Gasteiger partial charge on any atom is -0.300 e. The Morgan fingerprint density at radius 2 is 2.25 bits per heavy atom. The Hall–Kier alpha value is -2.20. The molecule has 1 atom stereocenters. The maximum Gasteiger partial charge on any atom is 0.228 e. The van der Waals surface area contributed by atoms with Crippen molar-refractivity contribution in [2.24, 2.45) is 5.92 Å². The third kappa shape index (κ3) is 4.20. The van der Waals surface area contributed by atoms with Crippen molar-refractivity contribution in [2.45, 2.75) is 32.7 Å². The van der Waals surface area contributed by atoms with Crippen LogP contribution >= 0.6 is 22.7 Å². The zero-order chi connectivity index (χ0) is 16.9. The van der Waals surface area contributed by atoms with Gasteiger partial charge in [0.15, 0.2) is 0 Å². The summed E-state index contributed by atoms with van der Waals surface area (Å²) >= 11 is 2.98. The van der Waals surface area contributed by atoms with Crippen LogP contribution in [-0.4, -0.2) is 36.3 Å². The number of hydrogen-bond acceptors (Lipinski definition) is 8. The Morgan fingerprint density at radius 3 is 2.92 bits per heavy atom. The number of nitrogens with zero attached hydrogens (tertiary/aromatic N) is 6. The third-order valence-corrected chi connectivity index (χ3v) is 4.85. The van der Waals surface area contributed by atoms with E-state index in [2.05, 4.69) is 44.9 Å². The van der Waals surface area contributed by atoms with Gasteiger partial charge < -0.3 is 5.32 Å². The van der Waals surface area contributed by atoms with Crippen LogP contribution in [0.1, 0.15) is 36.9 Å². The van der Waals surface area contributed by atoms with Crippen LogP contribution in [0.15, 0.2) is 23.2 Å². The Kier molecular flexibility index (Phi) is 5.26. The fourth-order valence-corrected chi connectivity index (χ4v) is 3.90. The summed E-state index contributed by atoms with van der Waals surface area (Å²) in [6.07, 6.45) is 2.60. The molecule has 3 aromatic heterocycles. The van der Waals surface area contributed by atoms with Gasteiger partial charge in [0, 0.05) is 6.42 Å². The summed E-state index contributed by atoms with van der Waals surface area (Å²) < 4.78 is 1.59. The zero-order valence-corrected chi connectivity index (χ0v) is 14.9. The van der Waals surface area contributed by atoms with Crippen molar-refractivity contribution in [3.8, 4) is 0 Å². The van der Waals surface area contributed by atoms with Crippen LogP contribution in [0.5, 0.6) is 0 Å². The van der Waals surface area contributed by atoms with Gasteiger partial charge in [-0.15, -0.1) is 15.3 Å². The van der Waals surface area contributed by atoms with Crippen molar-refractivity contribution < 1.29 is 4.79 Å². The Bertz CT molecular complexity index is 733. The maximum absolute atomic E-state index is 12.4. The first-order chi connectivity index (χ1) is 11.6. The standard InChI is InChI=1S/C14H17N7OS2/c1-9(2)5-13-17-18-14(24-13)16-12(22)6-11(10-3-4-23-7-10)21-8-15-19-20-21/h3-4,7-9,11H,5-6H2,1-2H3,(H,16,18,22)/t11-/m1/s1. The minimum atomic E-state index is -0.241. The smallest absolute Gasteiger partial charge is 0.228 e. The Morgan fingerprint density at radius 1 is 1.38 bits per heavy atom. The molecule has 0 spiro atoms. The largest absolute Gasteiger partial charge is 0.300 e. The van der Waals surface area contributed by atoms with Crippen molar-refractivity contribution >= 4 is 33.7 Å². The number of anilines is 1. The molecule has 3 aromatic rings. The normalized spacial score (nSPS) is 12.5. The molecule has 0 aliphatic carbocycles. The topological polar surface area (TPSA) is 98.5 Å². The molecule has 1 amide bonds. The molecule has 0 unspecified atom stereocenters. The molecule has 1 N–H and O–H groups in total. The Labute approximate surface area is 146 Å². The first-order valence-electron chi connectivity index (χ1n) is 7.48. The highest BCUT2D eigenvalue weighted by Crippen LogP contribution is 2.24. The fraction of sp³-hybridized carbons (Fsp3) is 0.429. The van der Waals surface area contributed by atoms with Gasteiger partial charge in [-0.25, -0.2) is 4.68 Å². The van der Waals surface area contributed by atoms with Crippen LogP contribution in [0.2, 0.25) is 0 Å². The van der Waals surface area contributed by atoms with Crippen molar-refractivity contribution in [3.63, 3.8) is 0 Å². The van der Waals surface area contributed by atoms with Crippen LogP contribution in [-0.2, 0) is 11.2 Å². The van der Waals surface area contributed by atoms with Gasteiger partial charge in [-0.05, 0) is 38.7 Å². The lowest BCUT2D eigenvalue weighted by atomic mass is 10.1. The highest BCUT2D eigenvalue weighted by atomic mass is 32.1. The molecule has 8 nitrogen and oxygen atoms in total. The molecule has 0 aliphatic rings. The van der Waals surface area contributed by atoms with E-state index in [-0.39, 0.29) is 18.4 Å². The predicted molar refractivity (Wildman–Crippen MR) is 92.0 cm³/mol. The number of thiophene rings is 1. The number of rotatable bonds is 7. The van der Waals surface area contributed by atoms with Gasteiger partial charge in [0.2, 0.25) is 11.0 Å². The number of amides is 1. The molecule has 0 aromatic carbocycles. The lowest BCUT2D eigenvalue weighted by molar-refractivity contribution is -0.116. The van der Waals surface area contributed by atoms with E-state index in [0.29, 0.717) is 11.0 Å². The Balaban J connectivity index is 1.67. The second-order valence-electron chi connectivity index (χ2n) is 5.71. The average Bonchev–Trinajstić information content (AvgIpc) is 3.27. The van der Waals surface area contributed by atoms with E-state index in [1.54, 1.807) is 16.0 Å². The highest BCUT2D eigenvalue weighted by molar-refractivity contribution is 7.15. The second kappa shape index (κ2) is 7.58. The van der Waals surface area contributed by atoms with Crippen molar-refractivity contribution in [1.82, 2.24) is 30.4 Å². The van der Waals surface area contributed by atoms with Crippen molar-refractivity contribution in [1.29, 1.82) is 0 Å². The summed E-state index contributed by atoms with van der Waals surface area (Å²) in [6, 6.07) is 1.73. The summed E-state index contributed by atoms with van der Waals surface area (Å²) in [7, 11) is 0. The van der Waals surface area contributed by atoms with E-state index in [9.17, 15) is 4.79 Å². The van der Waals surface area contributed by atoms with Gasteiger partial charge in [-0.2, -0.15) is 11.3 Å². The van der Waals surface area contributed by atoms with E-state index >= 15 is 0 Å². The van der Waals surface area contributed by atoms with Crippen LogP contribution < -0.4 is 5.32 Å². The summed E-state index contributed by atoms with van der Waals surface area (Å²) in [5, 5.41) is 27.6. The molecular formula is C14H17N7OS2. The molecule has 126 valence electrons. The van der Waals surface area contributed by atoms with Crippen molar-refractivity contribution in [3.05, 3.63) is 33.7 Å². The first-order valence-corrected chi connectivity index (χ1v) is 9.24. The van der Waals surface area contributed by atoms with Gasteiger partial charge in [0.1, 0.15) is 11.3 Å². The first kappa shape index (κ1) is 16.7. The number of carbonyl (C=O) groups excluding carboxylic acids is 1. The van der Waals surface area contributed by atoms with Crippen molar-refractivity contribution in [2.75, 3.05) is 5.32 Å². The predicted octanol–water partition coefficient (Wildman–Crippen LogP) is 2.40. The average molecular weight is 363 g/mol. The van der Waals surface area contributed by atoms with Gasteiger partial charge in [-0.1, -0.05) is 25.2 Å². The molecule has 10 heteroatoms. The van der Waals surface area contributed by atoms with Crippen LogP contribution in [0.4, 0.5) is 5.13 Å². The second-order valence-corrected chi connectivity index (χ2v) is 7.56. The van der Waals surface area contributed by atoms with E-state index in [1.165, 1.54) is 17.7 Å². The number of carbonyl (C=O) groups is 1. The summed E-state index contributed by atoms with van der Waals surface area (Å²) in [6.45, 7) is 4.24. The SMILES string of the molecule is CC(C)Cc1nnc(NC(=O)C[C@H](c2ccsc2)n2cnnn2)s1. The molecule has 24 heavy (non-hydrogen) atoms. The van der Waals surface area contributed by atoms with Crippen LogP contribution in [0, 0.1) is 5.92 Å². The van der Waals surface area contributed by atoms with Gasteiger partial charge in [-0.3, -0.25) is 4.79 Å². The molecule has 0 aliphatic heterocycles. The molecule has 0 radical (unpaired) electrons. The summed E-state index contributed by atoms with van der Waals surface area (Å²) in [5.41, 5.74) is 1.00. The molecule has 3 heterocycles. The molecule has 0 bridgehead atoms. The van der Waals surface area contributed by atoms with Crippen LogP contribution in [0.3, 0.4) is 0 Å². The molecular weight excluding hydrogens is 346 g/mol. The summed E-state index contributed by atoms with van der Waals surface area (Å²) in [4.78, 5) is 12.4. The summed E-state index contributed by atoms with van der Waals surface area (Å²) in [5.74, 6) is 0.359. The quantitative estimate of drug-likeness (QED) is 0.692. The zero-order valence-electron chi connectivity index (χ0n) is 13.3. The van der Waals surface area contributed by atoms with Gasteiger partial charge in [0.25, 0.3) is 0 Å². The van der Waals surface area contributed by atoms with E-state index in [1.807, 2.05) is 16.8 Å². The molecule has 3 rings (SSSR count). The lowest BCUT2D eigenvalue weighted by Gasteiger charge is -2.14. The highest BCUT2D eigenvalue weighted by Gasteiger charge is 2.20. The minimum absolute atomic E-state index is 0.144. The maximum atomic E-state index is 12.4. The van der Waals surface area contributed by atoms with Gasteiger partial charge in [0.05, 0.1) is 12.5 Å². The molecule has 0 saturated carbocycles. The van der Waals surface area contributed by atoms with Gasteiger partial charge >= 0.3 is 0 Å². The van der Waals surface area contributed by atoms with E-state index < -0.39 is 0 Å². The lowest BCUT2D eigenvalue weighted by Crippen LogP contribution is -2.20. The fourth-order valence-electron chi connectivity index (χ4n) is 2.22. The number of hydrogen-bond donors (Lipinski definition) is 1. The van der Waals surface area contributed by atoms with Crippen LogP contribution in [0.25, 0.3) is 0 Å². The number of tetrazole rings is 1.